The average Bonchev–Trinajstić information content (AvgIpc) is 2.58. The Hall–Kier alpha value is -1.89. The summed E-state index contributed by atoms with van der Waals surface area (Å²) in [5, 5.41) is 0. The maximum Gasteiger partial charge on any atom is 0.320 e. The van der Waals surface area contributed by atoms with Gasteiger partial charge in [0.25, 0.3) is 5.56 Å². The molecule has 22 heavy (non-hydrogen) atoms. The molecule has 0 unspecified atom stereocenters. The van der Waals surface area contributed by atoms with Crippen LogP contribution in [0.15, 0.2) is 23.4 Å². The minimum absolute atomic E-state index is 0.0122. The van der Waals surface area contributed by atoms with Gasteiger partial charge < -0.3 is 14.5 Å². The second-order valence-corrected chi connectivity index (χ2v) is 5.88. The molecule has 2 aliphatic rings. The number of morpholine rings is 1. The maximum atomic E-state index is 12.4. The number of aromatic nitrogens is 2. The highest BCUT2D eigenvalue weighted by Crippen LogP contribution is 2.19. The Balaban J connectivity index is 1.51. The summed E-state index contributed by atoms with van der Waals surface area (Å²) in [7, 11) is 0. The fourth-order valence-corrected chi connectivity index (χ4v) is 3.06. The van der Waals surface area contributed by atoms with Crippen molar-refractivity contribution in [2.24, 2.45) is 5.92 Å². The molecule has 0 spiro atoms. The minimum atomic E-state index is -0.0122. The van der Waals surface area contributed by atoms with Crippen molar-refractivity contribution in [2.45, 2.75) is 19.4 Å². The molecule has 120 valence electrons. The van der Waals surface area contributed by atoms with Gasteiger partial charge in [0.1, 0.15) is 0 Å². The van der Waals surface area contributed by atoms with Crippen LogP contribution in [0.3, 0.4) is 0 Å². The van der Waals surface area contributed by atoms with Crippen LogP contribution in [0, 0.1) is 5.92 Å². The standard InChI is InChI=1S/C15H22N4O3/c20-14-1-4-16-12-19(14)11-13-2-5-17(6-3-13)15(21)18-7-9-22-10-8-18/h1,4,12-13H,2-3,5-11H2. The van der Waals surface area contributed by atoms with Gasteiger partial charge in [0.2, 0.25) is 0 Å². The Morgan fingerprint density at radius 1 is 1.18 bits per heavy atom. The lowest BCUT2D eigenvalue weighted by Gasteiger charge is -2.37. The van der Waals surface area contributed by atoms with Gasteiger partial charge in [-0.1, -0.05) is 0 Å². The first-order valence-corrected chi connectivity index (χ1v) is 7.86. The van der Waals surface area contributed by atoms with Gasteiger partial charge in [-0.25, -0.2) is 9.78 Å². The summed E-state index contributed by atoms with van der Waals surface area (Å²) in [6.45, 7) is 4.84. The molecule has 0 N–H and O–H groups in total. The number of nitrogens with zero attached hydrogens (tertiary/aromatic N) is 4. The van der Waals surface area contributed by atoms with E-state index >= 15 is 0 Å². The zero-order valence-corrected chi connectivity index (χ0v) is 12.7. The minimum Gasteiger partial charge on any atom is -0.378 e. The zero-order chi connectivity index (χ0) is 15.4. The van der Waals surface area contributed by atoms with Gasteiger partial charge in [0.15, 0.2) is 0 Å². The third-order valence-electron chi connectivity index (χ3n) is 4.41. The van der Waals surface area contributed by atoms with Crippen molar-refractivity contribution < 1.29 is 9.53 Å². The van der Waals surface area contributed by atoms with Gasteiger partial charge in [0, 0.05) is 45.0 Å². The fraction of sp³-hybridized carbons (Fsp3) is 0.667. The number of hydrogen-bond donors (Lipinski definition) is 0. The van der Waals surface area contributed by atoms with Gasteiger partial charge in [0.05, 0.1) is 19.5 Å². The summed E-state index contributed by atoms with van der Waals surface area (Å²) in [4.78, 5) is 31.9. The number of urea groups is 1. The molecule has 2 aliphatic heterocycles. The van der Waals surface area contributed by atoms with Gasteiger partial charge >= 0.3 is 6.03 Å². The van der Waals surface area contributed by atoms with E-state index in [0.29, 0.717) is 38.8 Å². The van der Waals surface area contributed by atoms with Crippen molar-refractivity contribution in [3.63, 3.8) is 0 Å². The van der Waals surface area contributed by atoms with Crippen molar-refractivity contribution in [2.75, 3.05) is 39.4 Å². The molecular weight excluding hydrogens is 284 g/mol. The monoisotopic (exact) mass is 306 g/mol. The van der Waals surface area contributed by atoms with E-state index in [-0.39, 0.29) is 11.6 Å². The molecule has 0 bridgehead atoms. The van der Waals surface area contributed by atoms with Crippen LogP contribution in [-0.2, 0) is 11.3 Å². The first-order valence-electron chi connectivity index (χ1n) is 7.86. The van der Waals surface area contributed by atoms with Crippen LogP contribution in [-0.4, -0.2) is 64.8 Å². The van der Waals surface area contributed by atoms with E-state index in [9.17, 15) is 9.59 Å². The quantitative estimate of drug-likeness (QED) is 0.793. The van der Waals surface area contributed by atoms with E-state index in [1.807, 2.05) is 9.80 Å². The van der Waals surface area contributed by atoms with E-state index in [2.05, 4.69) is 4.98 Å². The van der Waals surface area contributed by atoms with Crippen LogP contribution in [0.4, 0.5) is 4.79 Å². The summed E-state index contributed by atoms with van der Waals surface area (Å²) >= 11 is 0. The van der Waals surface area contributed by atoms with Crippen LogP contribution in [0.25, 0.3) is 0 Å². The summed E-state index contributed by atoms with van der Waals surface area (Å²) in [6, 6.07) is 1.61. The van der Waals surface area contributed by atoms with E-state index < -0.39 is 0 Å². The predicted octanol–water partition coefficient (Wildman–Crippen LogP) is 0.407. The lowest BCUT2D eigenvalue weighted by molar-refractivity contribution is 0.0397. The third kappa shape index (κ3) is 3.47. The highest BCUT2D eigenvalue weighted by atomic mass is 16.5. The molecule has 0 aromatic carbocycles. The second kappa shape index (κ2) is 6.91. The van der Waals surface area contributed by atoms with Gasteiger partial charge in [-0.15, -0.1) is 0 Å². The molecule has 0 saturated carbocycles. The molecule has 1 aromatic heterocycles. The number of rotatable bonds is 2. The van der Waals surface area contributed by atoms with E-state index in [0.717, 1.165) is 25.9 Å². The normalized spacial score (nSPS) is 20.2. The Bertz CT molecular complexity index is 560. The Labute approximate surface area is 129 Å². The molecule has 3 heterocycles. The Morgan fingerprint density at radius 2 is 1.86 bits per heavy atom. The first-order chi connectivity index (χ1) is 10.7. The molecular formula is C15H22N4O3. The van der Waals surface area contributed by atoms with E-state index in [4.69, 9.17) is 4.74 Å². The summed E-state index contributed by atoms with van der Waals surface area (Å²) in [5.41, 5.74) is -0.0122. The number of amides is 2. The lowest BCUT2D eigenvalue weighted by Crippen LogP contribution is -2.50. The molecule has 7 nitrogen and oxygen atoms in total. The van der Waals surface area contributed by atoms with Gasteiger partial charge in [-0.2, -0.15) is 0 Å². The van der Waals surface area contributed by atoms with E-state index in [1.54, 1.807) is 10.9 Å². The molecule has 0 radical (unpaired) electrons. The smallest absolute Gasteiger partial charge is 0.320 e. The first kappa shape index (κ1) is 15.0. The molecule has 7 heteroatoms. The number of likely N-dealkylation sites (tertiary alicyclic amines) is 1. The van der Waals surface area contributed by atoms with Crippen LogP contribution in [0.5, 0.6) is 0 Å². The van der Waals surface area contributed by atoms with Gasteiger partial charge in [-0.05, 0) is 18.8 Å². The SMILES string of the molecule is O=C(N1CCOCC1)N1CCC(Cn2cnccc2=O)CC1. The van der Waals surface area contributed by atoms with Crippen molar-refractivity contribution >= 4 is 6.03 Å². The van der Waals surface area contributed by atoms with E-state index in [1.165, 1.54) is 12.3 Å². The van der Waals surface area contributed by atoms with Gasteiger partial charge in [-0.3, -0.25) is 9.36 Å². The molecule has 2 fully saturated rings. The molecule has 2 saturated heterocycles. The predicted molar refractivity (Wildman–Crippen MR) is 80.6 cm³/mol. The van der Waals surface area contributed by atoms with Crippen LogP contribution >= 0.6 is 0 Å². The number of hydrogen-bond acceptors (Lipinski definition) is 4. The number of ether oxygens (including phenoxy) is 1. The molecule has 1 aromatic rings. The molecule has 0 atom stereocenters. The summed E-state index contributed by atoms with van der Waals surface area (Å²) < 4.78 is 6.94. The number of carbonyl (C=O) groups is 1. The van der Waals surface area contributed by atoms with Crippen molar-refractivity contribution in [1.82, 2.24) is 19.4 Å². The molecule has 0 aliphatic carbocycles. The zero-order valence-electron chi connectivity index (χ0n) is 12.7. The number of piperidine rings is 1. The highest BCUT2D eigenvalue weighted by molar-refractivity contribution is 5.74. The van der Waals surface area contributed by atoms with Crippen LogP contribution in [0.1, 0.15) is 12.8 Å². The Morgan fingerprint density at radius 3 is 2.55 bits per heavy atom. The van der Waals surface area contributed by atoms with Crippen molar-refractivity contribution in [1.29, 1.82) is 0 Å². The summed E-state index contributed by atoms with van der Waals surface area (Å²) in [5.74, 6) is 0.427. The number of carbonyl (C=O) groups excluding carboxylic acids is 1. The van der Waals surface area contributed by atoms with Crippen molar-refractivity contribution in [3.8, 4) is 0 Å². The molecule has 3 rings (SSSR count). The maximum absolute atomic E-state index is 12.4. The molecule has 2 amide bonds. The largest absolute Gasteiger partial charge is 0.378 e. The topological polar surface area (TPSA) is 67.7 Å². The third-order valence-corrected chi connectivity index (χ3v) is 4.41. The van der Waals surface area contributed by atoms with Crippen LogP contribution < -0.4 is 5.56 Å². The fourth-order valence-electron chi connectivity index (χ4n) is 3.06. The highest BCUT2D eigenvalue weighted by Gasteiger charge is 2.27. The van der Waals surface area contributed by atoms with Crippen LogP contribution in [0.2, 0.25) is 0 Å². The lowest BCUT2D eigenvalue weighted by atomic mass is 9.97. The Kier molecular flexibility index (Phi) is 4.72. The average molecular weight is 306 g/mol. The van der Waals surface area contributed by atoms with Crippen molar-refractivity contribution in [3.05, 3.63) is 28.9 Å². The second-order valence-electron chi connectivity index (χ2n) is 5.88. The summed E-state index contributed by atoms with van der Waals surface area (Å²) in [6.07, 6.45) is 4.96.